The van der Waals surface area contributed by atoms with Crippen molar-refractivity contribution in [1.29, 1.82) is 0 Å². The van der Waals surface area contributed by atoms with E-state index in [1.165, 1.54) is 17.5 Å². The number of hydrogen-bond acceptors (Lipinski definition) is 8. The van der Waals surface area contributed by atoms with E-state index < -0.39 is 5.82 Å². The summed E-state index contributed by atoms with van der Waals surface area (Å²) in [5, 5.41) is 11.8. The number of nitrogens with one attached hydrogen (secondary N) is 1. The molecule has 5 aromatic rings. The van der Waals surface area contributed by atoms with E-state index >= 15 is 0 Å². The highest BCUT2D eigenvalue weighted by molar-refractivity contribution is 7.22. The first-order valence-electron chi connectivity index (χ1n) is 10.4. The second-order valence-electron chi connectivity index (χ2n) is 7.57. The third-order valence-electron chi connectivity index (χ3n) is 5.25. The van der Waals surface area contributed by atoms with E-state index in [2.05, 4.69) is 36.6 Å². The lowest BCUT2D eigenvalue weighted by Crippen LogP contribution is -2.13. The van der Waals surface area contributed by atoms with Crippen molar-refractivity contribution in [3.63, 3.8) is 0 Å². The molecule has 166 valence electrons. The Morgan fingerprint density at radius 2 is 2.09 bits per heavy atom. The fourth-order valence-electron chi connectivity index (χ4n) is 3.67. The molecule has 0 amide bonds. The number of nitrogens with two attached hydrogens (primary N) is 1. The summed E-state index contributed by atoms with van der Waals surface area (Å²) >= 11 is 1.50. The van der Waals surface area contributed by atoms with Gasteiger partial charge in [0.05, 0.1) is 23.8 Å². The number of halogens is 1. The van der Waals surface area contributed by atoms with Crippen molar-refractivity contribution < 1.29 is 4.39 Å². The monoisotopic (exact) mass is 460 g/mol. The zero-order valence-corrected chi connectivity index (χ0v) is 18.6. The van der Waals surface area contributed by atoms with Gasteiger partial charge in [-0.2, -0.15) is 0 Å². The van der Waals surface area contributed by atoms with Crippen LogP contribution in [0.15, 0.2) is 61.3 Å². The van der Waals surface area contributed by atoms with Crippen LogP contribution in [0.5, 0.6) is 0 Å². The van der Waals surface area contributed by atoms with Crippen molar-refractivity contribution in [2.24, 2.45) is 5.73 Å². The van der Waals surface area contributed by atoms with Gasteiger partial charge in [-0.25, -0.2) is 14.4 Å². The van der Waals surface area contributed by atoms with Crippen LogP contribution in [-0.2, 0) is 6.54 Å². The van der Waals surface area contributed by atoms with E-state index in [9.17, 15) is 4.39 Å². The van der Waals surface area contributed by atoms with Gasteiger partial charge in [-0.05, 0) is 41.1 Å². The van der Waals surface area contributed by atoms with Crippen LogP contribution in [0, 0.1) is 5.82 Å². The molecule has 3 N–H and O–H groups in total. The Morgan fingerprint density at radius 1 is 1.18 bits per heavy atom. The Balaban J connectivity index is 1.49. The molecule has 0 aliphatic heterocycles. The van der Waals surface area contributed by atoms with Crippen LogP contribution in [0.3, 0.4) is 0 Å². The number of nitrogens with zero attached hydrogens (tertiary/aromatic N) is 6. The predicted octanol–water partition coefficient (Wildman–Crippen LogP) is 4.28. The minimum atomic E-state index is -0.467. The fourth-order valence-corrected chi connectivity index (χ4v) is 4.84. The number of benzene rings is 1. The highest BCUT2D eigenvalue weighted by atomic mass is 32.1. The smallest absolute Gasteiger partial charge is 0.223 e. The van der Waals surface area contributed by atoms with Gasteiger partial charge in [0, 0.05) is 35.9 Å². The Labute approximate surface area is 193 Å². The molecule has 0 spiro atoms. The van der Waals surface area contributed by atoms with E-state index in [0.29, 0.717) is 19.0 Å². The Morgan fingerprint density at radius 3 is 2.91 bits per heavy atom. The third kappa shape index (κ3) is 4.30. The highest BCUT2D eigenvalue weighted by Gasteiger charge is 2.17. The molecule has 0 radical (unpaired) electrons. The minimum absolute atomic E-state index is 0.158. The van der Waals surface area contributed by atoms with Gasteiger partial charge in [-0.3, -0.25) is 9.67 Å². The number of thiophene rings is 1. The average molecular weight is 461 g/mol. The molecule has 0 saturated carbocycles. The van der Waals surface area contributed by atoms with Crippen LogP contribution in [0.25, 0.3) is 31.8 Å². The number of pyridine rings is 1. The molecule has 8 nitrogen and oxygen atoms in total. The van der Waals surface area contributed by atoms with Crippen LogP contribution in [0.1, 0.15) is 18.5 Å². The number of aromatic nitrogens is 6. The van der Waals surface area contributed by atoms with Crippen molar-refractivity contribution in [3.05, 3.63) is 72.7 Å². The molecule has 0 aliphatic carbocycles. The van der Waals surface area contributed by atoms with Crippen LogP contribution in [0.2, 0.25) is 0 Å². The Hall–Kier alpha value is -3.76. The predicted molar refractivity (Wildman–Crippen MR) is 127 cm³/mol. The largest absolute Gasteiger partial charge is 0.352 e. The molecule has 0 aliphatic rings. The lowest BCUT2D eigenvalue weighted by atomic mass is 9.97. The van der Waals surface area contributed by atoms with Gasteiger partial charge < -0.3 is 11.1 Å². The molecule has 4 aromatic heterocycles. The number of rotatable bonds is 7. The van der Waals surface area contributed by atoms with E-state index in [4.69, 9.17) is 5.73 Å². The van der Waals surface area contributed by atoms with E-state index in [1.807, 2.05) is 31.2 Å². The average Bonchev–Trinajstić information content (AvgIpc) is 3.50. The van der Waals surface area contributed by atoms with Crippen LogP contribution in [0.4, 0.5) is 10.3 Å². The molecule has 33 heavy (non-hydrogen) atoms. The summed E-state index contributed by atoms with van der Waals surface area (Å²) in [7, 11) is 0. The summed E-state index contributed by atoms with van der Waals surface area (Å²) in [6.45, 7) is 3.07. The molecule has 5 rings (SSSR count). The maximum atomic E-state index is 14.7. The summed E-state index contributed by atoms with van der Waals surface area (Å²) in [4.78, 5) is 13.5. The fraction of sp³-hybridized carbons (Fsp3) is 0.174. The highest BCUT2D eigenvalue weighted by Crippen LogP contribution is 2.40. The Bertz CT molecular complexity index is 1400. The summed E-state index contributed by atoms with van der Waals surface area (Å²) in [5.74, 6) is -0.109. The third-order valence-corrected chi connectivity index (χ3v) is 6.44. The van der Waals surface area contributed by atoms with Crippen LogP contribution >= 0.6 is 11.3 Å². The minimum Gasteiger partial charge on any atom is -0.352 e. The van der Waals surface area contributed by atoms with Crippen molar-refractivity contribution in [3.8, 4) is 21.7 Å². The molecule has 0 bridgehead atoms. The molecule has 0 unspecified atom stereocenters. The second-order valence-corrected chi connectivity index (χ2v) is 8.62. The first-order chi connectivity index (χ1) is 16.1. The summed E-state index contributed by atoms with van der Waals surface area (Å²) in [5.41, 5.74) is 9.48. The van der Waals surface area contributed by atoms with Gasteiger partial charge in [-0.1, -0.05) is 23.4 Å². The molecule has 1 aromatic carbocycles. The van der Waals surface area contributed by atoms with Crippen molar-refractivity contribution in [2.75, 3.05) is 11.9 Å². The Kier molecular flexibility index (Phi) is 5.76. The first kappa shape index (κ1) is 21.1. The SMILES string of the molecule is C[C@@H](N)c1cnccc1-c1cccc2cc(-c3nc(NCCn4ccnn4)ncc3F)sc12. The second kappa shape index (κ2) is 9.00. The topological polar surface area (TPSA) is 107 Å². The molecule has 10 heteroatoms. The van der Waals surface area contributed by atoms with Gasteiger partial charge in [0.25, 0.3) is 0 Å². The zero-order valence-electron chi connectivity index (χ0n) is 17.8. The summed E-state index contributed by atoms with van der Waals surface area (Å²) in [6.07, 6.45) is 8.14. The maximum Gasteiger partial charge on any atom is 0.223 e. The van der Waals surface area contributed by atoms with Gasteiger partial charge in [0.2, 0.25) is 5.95 Å². The molecule has 0 fully saturated rings. The van der Waals surface area contributed by atoms with Crippen LogP contribution < -0.4 is 11.1 Å². The van der Waals surface area contributed by atoms with Gasteiger partial charge in [0.1, 0.15) is 5.69 Å². The number of anilines is 1. The van der Waals surface area contributed by atoms with Gasteiger partial charge in [-0.15, -0.1) is 16.4 Å². The quantitative estimate of drug-likeness (QED) is 0.373. The van der Waals surface area contributed by atoms with Gasteiger partial charge >= 0.3 is 0 Å². The summed E-state index contributed by atoms with van der Waals surface area (Å²) in [6, 6.07) is 9.83. The van der Waals surface area contributed by atoms with Gasteiger partial charge in [0.15, 0.2) is 5.82 Å². The number of fused-ring (bicyclic) bond motifs is 1. The first-order valence-corrected chi connectivity index (χ1v) is 11.2. The van der Waals surface area contributed by atoms with Crippen molar-refractivity contribution in [2.45, 2.75) is 19.5 Å². The molecule has 4 heterocycles. The molecule has 1 atom stereocenters. The normalized spacial score (nSPS) is 12.2. The van der Waals surface area contributed by atoms with E-state index in [0.717, 1.165) is 31.7 Å². The van der Waals surface area contributed by atoms with Crippen molar-refractivity contribution >= 4 is 27.4 Å². The lowest BCUT2D eigenvalue weighted by Gasteiger charge is -2.12. The summed E-state index contributed by atoms with van der Waals surface area (Å²) < 4.78 is 17.5. The number of hydrogen-bond donors (Lipinski definition) is 2. The molecular formula is C23H21FN8S. The van der Waals surface area contributed by atoms with E-state index in [-0.39, 0.29) is 11.7 Å². The van der Waals surface area contributed by atoms with Crippen LogP contribution in [-0.4, -0.2) is 36.5 Å². The molecular weight excluding hydrogens is 439 g/mol. The van der Waals surface area contributed by atoms with E-state index in [1.54, 1.807) is 29.5 Å². The molecule has 0 saturated heterocycles. The zero-order chi connectivity index (χ0) is 22.8. The lowest BCUT2D eigenvalue weighted by molar-refractivity contribution is 0.604. The standard InChI is InChI=1S/C23H21FN8S/c1-14(25)18-12-26-6-5-16(18)17-4-2-3-15-11-20(33-22(15)17)21-19(24)13-28-23(30-21)27-7-9-32-10-8-29-31-32/h2-6,8,10-14H,7,9,25H2,1H3,(H,27,28,30)/t14-/m1/s1. The maximum absolute atomic E-state index is 14.7. The van der Waals surface area contributed by atoms with Crippen molar-refractivity contribution in [1.82, 2.24) is 29.9 Å².